The molecule has 2 rings (SSSR count). The fourth-order valence-electron chi connectivity index (χ4n) is 1.66. The minimum absolute atomic E-state index is 1.12. The van der Waals surface area contributed by atoms with E-state index >= 15 is 0 Å². The van der Waals surface area contributed by atoms with Gasteiger partial charge in [0.2, 0.25) is 0 Å². The number of piperidine rings is 1. The molecule has 1 aromatic heterocycles. The second-order valence-electron chi connectivity index (χ2n) is 3.32. The molecule has 0 N–H and O–H groups in total. The third-order valence-electron chi connectivity index (χ3n) is 2.32. The van der Waals surface area contributed by atoms with Crippen molar-refractivity contribution in [3.05, 3.63) is 17.1 Å². The van der Waals surface area contributed by atoms with E-state index < -0.39 is 0 Å². The molecule has 1 aromatic rings. The van der Waals surface area contributed by atoms with Gasteiger partial charge in [0.1, 0.15) is 0 Å². The van der Waals surface area contributed by atoms with Crippen LogP contribution in [-0.2, 0) is 6.54 Å². The van der Waals surface area contributed by atoms with Gasteiger partial charge in [-0.15, -0.1) is 0 Å². The molecule has 0 radical (unpaired) electrons. The maximum Gasteiger partial charge on any atom is 0.0410 e. The Hall–Kier alpha value is -0.410. The quantitative estimate of drug-likeness (QED) is 0.696. The van der Waals surface area contributed by atoms with Crippen LogP contribution in [0.3, 0.4) is 0 Å². The fourth-order valence-corrected chi connectivity index (χ4v) is 2.28. The zero-order valence-electron chi connectivity index (χ0n) is 7.20. The molecule has 2 nitrogen and oxygen atoms in total. The molecule has 1 saturated heterocycles. The normalized spacial score (nSPS) is 19.7. The van der Waals surface area contributed by atoms with Crippen LogP contribution in [0.2, 0.25) is 0 Å². The Morgan fingerprint density at radius 1 is 1.33 bits per heavy atom. The first-order valence-electron chi connectivity index (χ1n) is 4.57. The number of rotatable bonds is 2. The van der Waals surface area contributed by atoms with E-state index in [4.69, 9.17) is 0 Å². The molecule has 0 spiro atoms. The highest BCUT2D eigenvalue weighted by molar-refractivity contribution is 7.05. The third kappa shape index (κ3) is 2.05. The molecule has 0 aliphatic carbocycles. The Labute approximate surface area is 77.4 Å². The largest absolute Gasteiger partial charge is 0.298 e. The number of hydrogen-bond donors (Lipinski definition) is 0. The summed E-state index contributed by atoms with van der Waals surface area (Å²) in [4.78, 5) is 3.92. The van der Waals surface area contributed by atoms with E-state index in [2.05, 4.69) is 15.3 Å². The summed E-state index contributed by atoms with van der Waals surface area (Å²) >= 11 is 1.62. The third-order valence-corrected chi connectivity index (χ3v) is 3.05. The van der Waals surface area contributed by atoms with Gasteiger partial charge < -0.3 is 0 Å². The molecule has 0 saturated carbocycles. The summed E-state index contributed by atoms with van der Waals surface area (Å²) in [7, 11) is 0. The van der Waals surface area contributed by atoms with E-state index in [0.717, 1.165) is 6.54 Å². The van der Waals surface area contributed by atoms with Gasteiger partial charge in [0.25, 0.3) is 0 Å². The molecule has 0 amide bonds. The highest BCUT2D eigenvalue weighted by Gasteiger charge is 2.10. The van der Waals surface area contributed by atoms with Crippen molar-refractivity contribution >= 4 is 11.5 Å². The van der Waals surface area contributed by atoms with Crippen molar-refractivity contribution < 1.29 is 0 Å². The van der Waals surface area contributed by atoms with E-state index in [0.29, 0.717) is 0 Å². The lowest BCUT2D eigenvalue weighted by atomic mass is 10.1. The van der Waals surface area contributed by atoms with Gasteiger partial charge in [0, 0.05) is 17.6 Å². The molecule has 12 heavy (non-hydrogen) atoms. The summed E-state index contributed by atoms with van der Waals surface area (Å²) in [6.07, 6.45) is 6.06. The molecule has 0 aromatic carbocycles. The summed E-state index contributed by atoms with van der Waals surface area (Å²) in [6, 6.07) is 2.12. The van der Waals surface area contributed by atoms with Crippen LogP contribution in [0.5, 0.6) is 0 Å². The average Bonchev–Trinajstić information content (AvgIpc) is 2.59. The van der Waals surface area contributed by atoms with Gasteiger partial charge in [-0.05, 0) is 43.5 Å². The Kier molecular flexibility index (Phi) is 2.74. The summed E-state index contributed by atoms with van der Waals surface area (Å²) in [5, 5.41) is 0. The Morgan fingerprint density at radius 3 is 2.83 bits per heavy atom. The second-order valence-corrected chi connectivity index (χ2v) is 4.23. The van der Waals surface area contributed by atoms with Crippen LogP contribution in [0.25, 0.3) is 0 Å². The predicted molar refractivity (Wildman–Crippen MR) is 51.2 cm³/mol. The fraction of sp³-hybridized carbons (Fsp3) is 0.667. The van der Waals surface area contributed by atoms with E-state index in [9.17, 15) is 0 Å². The minimum atomic E-state index is 1.12. The van der Waals surface area contributed by atoms with Crippen molar-refractivity contribution in [1.82, 2.24) is 9.27 Å². The van der Waals surface area contributed by atoms with Gasteiger partial charge in [-0.3, -0.25) is 4.90 Å². The molecular formula is C9H14N2S. The summed E-state index contributed by atoms with van der Waals surface area (Å²) in [5.74, 6) is 0. The van der Waals surface area contributed by atoms with Gasteiger partial charge in [-0.2, -0.15) is 0 Å². The molecule has 1 aliphatic rings. The van der Waals surface area contributed by atoms with Crippen LogP contribution >= 0.6 is 11.5 Å². The molecular weight excluding hydrogens is 168 g/mol. The molecule has 66 valence electrons. The highest BCUT2D eigenvalue weighted by Crippen LogP contribution is 2.14. The molecule has 3 heteroatoms. The maximum absolute atomic E-state index is 4.10. The SMILES string of the molecule is c1cc(CN2CCCCC2)sn1. The van der Waals surface area contributed by atoms with E-state index in [1.165, 1.54) is 37.2 Å². The van der Waals surface area contributed by atoms with Gasteiger partial charge in [0.15, 0.2) is 0 Å². The van der Waals surface area contributed by atoms with Crippen molar-refractivity contribution in [3.63, 3.8) is 0 Å². The summed E-state index contributed by atoms with van der Waals surface area (Å²) in [5.41, 5.74) is 0. The predicted octanol–water partition coefficient (Wildman–Crippen LogP) is 2.13. The Morgan fingerprint density at radius 2 is 2.17 bits per heavy atom. The van der Waals surface area contributed by atoms with Crippen LogP contribution in [0.4, 0.5) is 0 Å². The lowest BCUT2D eigenvalue weighted by Crippen LogP contribution is -2.28. The van der Waals surface area contributed by atoms with E-state index in [-0.39, 0.29) is 0 Å². The smallest absolute Gasteiger partial charge is 0.0410 e. The van der Waals surface area contributed by atoms with Crippen LogP contribution in [0.1, 0.15) is 24.1 Å². The van der Waals surface area contributed by atoms with Crippen molar-refractivity contribution in [2.75, 3.05) is 13.1 Å². The van der Waals surface area contributed by atoms with Crippen molar-refractivity contribution in [3.8, 4) is 0 Å². The van der Waals surface area contributed by atoms with Crippen molar-refractivity contribution in [1.29, 1.82) is 0 Å². The van der Waals surface area contributed by atoms with Crippen LogP contribution in [-0.4, -0.2) is 22.4 Å². The minimum Gasteiger partial charge on any atom is -0.298 e. The van der Waals surface area contributed by atoms with Crippen LogP contribution < -0.4 is 0 Å². The lowest BCUT2D eigenvalue weighted by Gasteiger charge is -2.25. The van der Waals surface area contributed by atoms with E-state index in [1.54, 1.807) is 11.5 Å². The van der Waals surface area contributed by atoms with Gasteiger partial charge in [-0.1, -0.05) is 6.42 Å². The number of likely N-dealkylation sites (tertiary alicyclic amines) is 1. The highest BCUT2D eigenvalue weighted by atomic mass is 32.1. The summed E-state index contributed by atoms with van der Waals surface area (Å²) < 4.78 is 4.10. The molecule has 1 aliphatic heterocycles. The van der Waals surface area contributed by atoms with E-state index in [1.807, 2.05) is 6.20 Å². The second kappa shape index (κ2) is 4.01. The number of hydrogen-bond acceptors (Lipinski definition) is 3. The van der Waals surface area contributed by atoms with Gasteiger partial charge >= 0.3 is 0 Å². The molecule has 0 atom stereocenters. The van der Waals surface area contributed by atoms with Gasteiger partial charge in [-0.25, -0.2) is 4.37 Å². The first-order valence-corrected chi connectivity index (χ1v) is 5.34. The Balaban J connectivity index is 1.86. The first-order chi connectivity index (χ1) is 5.95. The molecule has 0 bridgehead atoms. The van der Waals surface area contributed by atoms with Crippen LogP contribution in [0, 0.1) is 0 Å². The Bertz CT molecular complexity index is 214. The summed E-state index contributed by atoms with van der Waals surface area (Å²) in [6.45, 7) is 3.67. The zero-order chi connectivity index (χ0) is 8.23. The topological polar surface area (TPSA) is 16.1 Å². The average molecular weight is 182 g/mol. The standard InChI is InChI=1S/C9H14N2S/c1-2-6-11(7-3-1)8-9-4-5-10-12-9/h4-5H,1-3,6-8H2. The first kappa shape index (κ1) is 8.20. The number of nitrogens with zero attached hydrogens (tertiary/aromatic N) is 2. The lowest BCUT2D eigenvalue weighted by molar-refractivity contribution is 0.222. The molecule has 2 heterocycles. The molecule has 0 unspecified atom stereocenters. The van der Waals surface area contributed by atoms with Gasteiger partial charge in [0.05, 0.1) is 0 Å². The number of aromatic nitrogens is 1. The maximum atomic E-state index is 4.10. The zero-order valence-corrected chi connectivity index (χ0v) is 8.02. The monoisotopic (exact) mass is 182 g/mol. The van der Waals surface area contributed by atoms with Crippen LogP contribution in [0.15, 0.2) is 12.3 Å². The molecule has 1 fully saturated rings. The van der Waals surface area contributed by atoms with Crippen molar-refractivity contribution in [2.24, 2.45) is 0 Å². The van der Waals surface area contributed by atoms with Crippen molar-refractivity contribution in [2.45, 2.75) is 25.8 Å².